The number of hydrogen-bond donors (Lipinski definition) is 0. The third-order valence-electron chi connectivity index (χ3n) is 0. The first-order valence-corrected chi connectivity index (χ1v) is 5.20. The maximum atomic E-state index is 2.31. The summed E-state index contributed by atoms with van der Waals surface area (Å²) < 4.78 is 0. The van der Waals surface area contributed by atoms with Crippen molar-refractivity contribution in [2.75, 3.05) is 0 Å². The maximum absolute atomic E-state index is 2.31. The normalized spacial score (nSPS) is 5.40. The molecule has 0 unspecified atom stereocenters. The van der Waals surface area contributed by atoms with Crippen LogP contribution in [0.15, 0.2) is 0 Å². The quantitative estimate of drug-likeness (QED) is 0.376. The Morgan fingerprint density at radius 1 is 1.00 bits per heavy atom. The van der Waals surface area contributed by atoms with Crippen molar-refractivity contribution in [3.8, 4) is 0 Å². The zero-order valence-corrected chi connectivity index (χ0v) is 4.73. The van der Waals surface area contributed by atoms with Gasteiger partial charge in [0.15, 0.2) is 0 Å². The Kier molecular flexibility index (Phi) is 9.70. The van der Waals surface area contributed by atoms with Crippen LogP contribution in [0, 0.1) is 0 Å². The molecular formula is C3H10AlLi. The van der Waals surface area contributed by atoms with E-state index in [1.54, 1.807) is 0 Å². The Morgan fingerprint density at radius 3 is 1.00 bits per heavy atom. The molecule has 0 saturated carbocycles. The van der Waals surface area contributed by atoms with Gasteiger partial charge in [-0.1, -0.05) is 0 Å². The molecule has 0 aliphatic carbocycles. The number of rotatable bonds is 0. The summed E-state index contributed by atoms with van der Waals surface area (Å²) in [7, 11) is 0. The van der Waals surface area contributed by atoms with Crippen molar-refractivity contribution in [2.45, 2.75) is 17.4 Å². The Balaban J connectivity index is 0. The molecule has 0 atom stereocenters. The summed E-state index contributed by atoms with van der Waals surface area (Å²) in [6.07, 6.45) is 0. The molecule has 0 radical (unpaired) electrons. The van der Waals surface area contributed by atoms with E-state index in [0.29, 0.717) is 0 Å². The summed E-state index contributed by atoms with van der Waals surface area (Å²) in [6.45, 7) is 0. The van der Waals surface area contributed by atoms with Crippen LogP contribution in [0.1, 0.15) is 0 Å². The van der Waals surface area contributed by atoms with E-state index in [0.717, 1.165) is 0 Å². The van der Waals surface area contributed by atoms with Crippen molar-refractivity contribution >= 4 is 33.0 Å². The third kappa shape index (κ3) is 39.4. The molecule has 0 aromatic carbocycles. The zero-order valence-electron chi connectivity index (χ0n) is 3.58. The van der Waals surface area contributed by atoms with Crippen LogP contribution in [-0.2, 0) is 0 Å². The molecule has 0 aromatic heterocycles. The van der Waals surface area contributed by atoms with Gasteiger partial charge in [-0.15, -0.1) is 17.4 Å². The van der Waals surface area contributed by atoms with E-state index in [1.165, 1.54) is 0 Å². The minimum atomic E-state index is -0.139. The fourth-order valence-corrected chi connectivity index (χ4v) is 0. The average Bonchev–Trinajstić information content (AvgIpc) is 0.811. The van der Waals surface area contributed by atoms with Gasteiger partial charge >= 0.3 is 18.9 Å². The summed E-state index contributed by atoms with van der Waals surface area (Å²) in [6, 6.07) is 0. The first kappa shape index (κ1) is 9.46. The van der Waals surface area contributed by atoms with Gasteiger partial charge in [-0.3, -0.25) is 0 Å². The molecule has 2 heteroatoms. The summed E-state index contributed by atoms with van der Waals surface area (Å²) in [5, 5.41) is 0. The fraction of sp³-hybridized carbons (Fsp3) is 1.00. The van der Waals surface area contributed by atoms with E-state index >= 15 is 0 Å². The van der Waals surface area contributed by atoms with Crippen LogP contribution in [0.4, 0.5) is 0 Å². The second kappa shape index (κ2) is 5.13. The molecule has 0 saturated heterocycles. The molecular weight excluding hydrogens is 70.0 g/mol. The predicted molar refractivity (Wildman–Crippen MR) is 30.5 cm³/mol. The van der Waals surface area contributed by atoms with Crippen molar-refractivity contribution in [3.05, 3.63) is 0 Å². The molecule has 0 bridgehead atoms. The second-order valence-corrected chi connectivity index (χ2v) is 5.20. The van der Waals surface area contributed by atoms with Gasteiger partial charge in [0.05, 0.1) is 0 Å². The third-order valence-corrected chi connectivity index (χ3v) is 0. The van der Waals surface area contributed by atoms with Crippen LogP contribution in [0.3, 0.4) is 0 Å². The Morgan fingerprint density at radius 2 is 1.00 bits per heavy atom. The van der Waals surface area contributed by atoms with E-state index in [2.05, 4.69) is 17.4 Å². The minimum absolute atomic E-state index is 0. The molecule has 0 rings (SSSR count). The monoisotopic (exact) mass is 80.1 g/mol. The molecule has 0 nitrogen and oxygen atoms in total. The van der Waals surface area contributed by atoms with Gasteiger partial charge in [0.2, 0.25) is 0 Å². The van der Waals surface area contributed by atoms with Gasteiger partial charge in [-0.05, 0) is 0 Å². The predicted octanol–water partition coefficient (Wildman–Crippen LogP) is 0.722. The molecule has 0 aliphatic heterocycles. The molecule has 5 heavy (non-hydrogen) atoms. The van der Waals surface area contributed by atoms with Crippen LogP contribution in [0.25, 0.3) is 0 Å². The van der Waals surface area contributed by atoms with Crippen molar-refractivity contribution < 1.29 is 0 Å². The van der Waals surface area contributed by atoms with Gasteiger partial charge in [0.1, 0.15) is 0 Å². The van der Waals surface area contributed by atoms with Crippen molar-refractivity contribution in [2.24, 2.45) is 0 Å². The van der Waals surface area contributed by atoms with Gasteiger partial charge in [-0.2, -0.15) is 0 Å². The SMILES string of the molecule is [CH3][Al]([CH3])[CH3].[LiH]. The van der Waals surface area contributed by atoms with Gasteiger partial charge in [-0.25, -0.2) is 0 Å². The van der Waals surface area contributed by atoms with Crippen LogP contribution >= 0.6 is 0 Å². The first-order chi connectivity index (χ1) is 1.73. The van der Waals surface area contributed by atoms with Crippen LogP contribution in [-0.4, -0.2) is 33.0 Å². The molecule has 0 heterocycles. The summed E-state index contributed by atoms with van der Waals surface area (Å²) in [5.41, 5.74) is 0. The molecule has 0 N–H and O–H groups in total. The molecule has 0 spiro atoms. The Hall–Kier alpha value is 1.13. The summed E-state index contributed by atoms with van der Waals surface area (Å²) in [5.74, 6) is 6.92. The van der Waals surface area contributed by atoms with Gasteiger partial charge in [0, 0.05) is 0 Å². The van der Waals surface area contributed by atoms with Gasteiger partial charge in [0.25, 0.3) is 14.1 Å². The molecule has 0 aliphatic rings. The van der Waals surface area contributed by atoms with Gasteiger partial charge < -0.3 is 0 Å². The van der Waals surface area contributed by atoms with Crippen LogP contribution in [0.5, 0.6) is 0 Å². The van der Waals surface area contributed by atoms with Crippen LogP contribution < -0.4 is 0 Å². The standard InChI is InChI=1S/3CH3.Al.Li.H/h3*1H3;;;. The Bertz CT molecular complexity index is 11.6. The fourth-order valence-electron chi connectivity index (χ4n) is 0. The topological polar surface area (TPSA) is 0 Å². The van der Waals surface area contributed by atoms with E-state index in [-0.39, 0.29) is 33.0 Å². The molecule has 26 valence electrons. The van der Waals surface area contributed by atoms with E-state index < -0.39 is 0 Å². The average molecular weight is 80.0 g/mol. The first-order valence-electron chi connectivity index (χ1n) is 1.73. The summed E-state index contributed by atoms with van der Waals surface area (Å²) in [4.78, 5) is 0. The van der Waals surface area contributed by atoms with E-state index in [9.17, 15) is 0 Å². The molecule has 0 amide bonds. The van der Waals surface area contributed by atoms with E-state index in [1.807, 2.05) is 0 Å². The van der Waals surface area contributed by atoms with Crippen molar-refractivity contribution in [1.82, 2.24) is 0 Å². The van der Waals surface area contributed by atoms with E-state index in [4.69, 9.17) is 0 Å². The summed E-state index contributed by atoms with van der Waals surface area (Å²) >= 11 is -0.139. The molecule has 0 fully saturated rings. The second-order valence-electron chi connectivity index (χ2n) is 1.73. The zero-order chi connectivity index (χ0) is 3.58. The van der Waals surface area contributed by atoms with Crippen molar-refractivity contribution in [3.63, 3.8) is 0 Å². The van der Waals surface area contributed by atoms with Crippen molar-refractivity contribution in [1.29, 1.82) is 0 Å². The number of hydrogen-bond acceptors (Lipinski definition) is 0. The Labute approximate surface area is 50.5 Å². The van der Waals surface area contributed by atoms with Crippen LogP contribution in [0.2, 0.25) is 17.4 Å². The molecule has 0 aromatic rings.